The lowest BCUT2D eigenvalue weighted by Gasteiger charge is -2.17. The van der Waals surface area contributed by atoms with Gasteiger partial charge in [-0.25, -0.2) is 0 Å². The standard InChI is InChI=1S/C18H22F2N6O3.HI/c1-21-18(23-9-16-25-24-15-4-2-3-5-26(15)16)22-8-11-6-13-14(28-10-27-13)7-12(11)29-17(19)20;/h6-7,17H,2-5,8-10H2,1H3,(H2,21,22,23);1H. The number of guanidine groups is 1. The molecule has 1 aromatic heterocycles. The quantitative estimate of drug-likeness (QED) is 0.333. The zero-order chi connectivity index (χ0) is 20.2. The van der Waals surface area contributed by atoms with E-state index in [1.54, 1.807) is 13.1 Å². The molecule has 12 heteroatoms. The molecule has 0 radical (unpaired) electrons. The zero-order valence-electron chi connectivity index (χ0n) is 16.4. The summed E-state index contributed by atoms with van der Waals surface area (Å²) in [5.41, 5.74) is 0.498. The molecular weight excluding hydrogens is 513 g/mol. The number of hydrogen-bond donors (Lipinski definition) is 2. The number of benzene rings is 1. The van der Waals surface area contributed by atoms with E-state index in [-0.39, 0.29) is 43.1 Å². The maximum Gasteiger partial charge on any atom is 0.387 e. The Balaban J connectivity index is 0.00000256. The molecular formula is C18H23F2IN6O3. The highest BCUT2D eigenvalue weighted by molar-refractivity contribution is 14.0. The third kappa shape index (κ3) is 5.02. The van der Waals surface area contributed by atoms with Crippen molar-refractivity contribution in [2.75, 3.05) is 13.8 Å². The van der Waals surface area contributed by atoms with Crippen LogP contribution in [0.2, 0.25) is 0 Å². The van der Waals surface area contributed by atoms with E-state index in [4.69, 9.17) is 9.47 Å². The molecule has 2 aromatic rings. The Kier molecular flexibility index (Phi) is 7.50. The minimum absolute atomic E-state index is 0. The van der Waals surface area contributed by atoms with Crippen molar-refractivity contribution in [2.24, 2.45) is 4.99 Å². The molecule has 30 heavy (non-hydrogen) atoms. The van der Waals surface area contributed by atoms with Gasteiger partial charge in [0.25, 0.3) is 0 Å². The average Bonchev–Trinajstić information content (AvgIpc) is 3.34. The summed E-state index contributed by atoms with van der Waals surface area (Å²) in [6.07, 6.45) is 3.19. The summed E-state index contributed by atoms with van der Waals surface area (Å²) in [4.78, 5) is 4.17. The minimum atomic E-state index is -2.94. The second kappa shape index (κ2) is 10.1. The van der Waals surface area contributed by atoms with Crippen LogP contribution in [0.25, 0.3) is 0 Å². The van der Waals surface area contributed by atoms with Crippen molar-refractivity contribution in [2.45, 2.75) is 45.5 Å². The van der Waals surface area contributed by atoms with Crippen LogP contribution in [0, 0.1) is 0 Å². The van der Waals surface area contributed by atoms with E-state index in [0.29, 0.717) is 29.6 Å². The first-order chi connectivity index (χ1) is 14.1. The van der Waals surface area contributed by atoms with Gasteiger partial charge < -0.3 is 29.4 Å². The summed E-state index contributed by atoms with van der Waals surface area (Å²) in [7, 11) is 1.63. The highest BCUT2D eigenvalue weighted by Gasteiger charge is 2.20. The first kappa shape index (κ1) is 22.3. The molecule has 0 aliphatic carbocycles. The number of fused-ring (bicyclic) bond motifs is 2. The summed E-state index contributed by atoms with van der Waals surface area (Å²) < 4.78 is 42.8. The lowest BCUT2D eigenvalue weighted by molar-refractivity contribution is -0.0505. The van der Waals surface area contributed by atoms with Gasteiger partial charge in [0, 0.05) is 38.2 Å². The van der Waals surface area contributed by atoms with Gasteiger partial charge in [-0.2, -0.15) is 8.78 Å². The smallest absolute Gasteiger partial charge is 0.387 e. The average molecular weight is 536 g/mol. The molecule has 0 saturated carbocycles. The van der Waals surface area contributed by atoms with Crippen molar-refractivity contribution < 1.29 is 23.0 Å². The minimum Gasteiger partial charge on any atom is -0.454 e. The molecule has 2 aliphatic heterocycles. The molecule has 9 nitrogen and oxygen atoms in total. The fraction of sp³-hybridized carbons (Fsp3) is 0.500. The maximum absolute atomic E-state index is 12.8. The SMILES string of the molecule is CN=C(NCc1cc2c(cc1OC(F)F)OCO2)NCc1nnc2n1CCCC2.I. The van der Waals surface area contributed by atoms with Gasteiger partial charge >= 0.3 is 6.61 Å². The number of halogens is 3. The van der Waals surface area contributed by atoms with Crippen LogP contribution in [0.15, 0.2) is 17.1 Å². The van der Waals surface area contributed by atoms with Gasteiger partial charge in [0.2, 0.25) is 6.79 Å². The highest BCUT2D eigenvalue weighted by Crippen LogP contribution is 2.38. The Morgan fingerprint density at radius 3 is 2.73 bits per heavy atom. The Hall–Kier alpha value is -2.38. The van der Waals surface area contributed by atoms with Gasteiger partial charge in [-0.15, -0.1) is 34.2 Å². The summed E-state index contributed by atoms with van der Waals surface area (Å²) in [6.45, 7) is -1.32. The molecule has 0 bridgehead atoms. The van der Waals surface area contributed by atoms with Crippen LogP contribution < -0.4 is 24.8 Å². The van der Waals surface area contributed by atoms with Gasteiger partial charge in [0.05, 0.1) is 6.54 Å². The summed E-state index contributed by atoms with van der Waals surface area (Å²) >= 11 is 0. The Bertz CT molecular complexity index is 908. The summed E-state index contributed by atoms with van der Waals surface area (Å²) in [5, 5.41) is 14.7. The third-order valence-corrected chi connectivity index (χ3v) is 4.79. The topological polar surface area (TPSA) is 94.8 Å². The maximum atomic E-state index is 12.8. The van der Waals surface area contributed by atoms with E-state index in [9.17, 15) is 8.78 Å². The van der Waals surface area contributed by atoms with E-state index in [1.165, 1.54) is 6.07 Å². The van der Waals surface area contributed by atoms with Crippen LogP contribution in [-0.2, 0) is 26.1 Å². The molecule has 2 aliphatic rings. The molecule has 0 fully saturated rings. The van der Waals surface area contributed by atoms with E-state index in [0.717, 1.165) is 37.5 Å². The Morgan fingerprint density at radius 2 is 1.97 bits per heavy atom. The molecule has 0 amide bonds. The summed E-state index contributed by atoms with van der Waals surface area (Å²) in [6, 6.07) is 3.03. The molecule has 0 spiro atoms. The number of rotatable bonds is 6. The Labute approximate surface area is 189 Å². The van der Waals surface area contributed by atoms with Crippen LogP contribution >= 0.6 is 24.0 Å². The fourth-order valence-corrected chi connectivity index (χ4v) is 3.37. The van der Waals surface area contributed by atoms with Gasteiger partial charge in [-0.05, 0) is 18.9 Å². The molecule has 1 aromatic carbocycles. The number of aliphatic imine (C=N–C) groups is 1. The van der Waals surface area contributed by atoms with Crippen LogP contribution in [0.3, 0.4) is 0 Å². The first-order valence-electron chi connectivity index (χ1n) is 9.37. The number of aryl methyl sites for hydroxylation is 1. The third-order valence-electron chi connectivity index (χ3n) is 4.79. The molecule has 0 atom stereocenters. The monoisotopic (exact) mass is 536 g/mol. The van der Waals surface area contributed by atoms with Crippen LogP contribution in [-0.4, -0.2) is 41.2 Å². The lowest BCUT2D eigenvalue weighted by atomic mass is 10.1. The van der Waals surface area contributed by atoms with E-state index in [1.807, 2.05) is 0 Å². The molecule has 4 rings (SSSR count). The molecule has 164 valence electrons. The Morgan fingerprint density at radius 1 is 1.20 bits per heavy atom. The van der Waals surface area contributed by atoms with Crippen molar-refractivity contribution in [3.63, 3.8) is 0 Å². The molecule has 2 N–H and O–H groups in total. The second-order valence-corrected chi connectivity index (χ2v) is 6.61. The first-order valence-corrected chi connectivity index (χ1v) is 9.37. The van der Waals surface area contributed by atoms with Crippen LogP contribution in [0.1, 0.15) is 30.1 Å². The number of nitrogens with one attached hydrogen (secondary N) is 2. The van der Waals surface area contributed by atoms with Crippen molar-refractivity contribution >= 4 is 29.9 Å². The fourth-order valence-electron chi connectivity index (χ4n) is 3.37. The number of ether oxygens (including phenoxy) is 3. The van der Waals surface area contributed by atoms with E-state index >= 15 is 0 Å². The predicted molar refractivity (Wildman–Crippen MR) is 115 cm³/mol. The van der Waals surface area contributed by atoms with Gasteiger partial charge in [-0.1, -0.05) is 0 Å². The van der Waals surface area contributed by atoms with Crippen molar-refractivity contribution in [1.29, 1.82) is 0 Å². The number of alkyl halides is 2. The van der Waals surface area contributed by atoms with Gasteiger partial charge in [0.15, 0.2) is 23.3 Å². The van der Waals surface area contributed by atoms with Crippen molar-refractivity contribution in [3.05, 3.63) is 29.3 Å². The van der Waals surface area contributed by atoms with E-state index < -0.39 is 6.61 Å². The molecule has 0 saturated heterocycles. The van der Waals surface area contributed by atoms with Gasteiger partial charge in [0.1, 0.15) is 11.6 Å². The predicted octanol–water partition coefficient (Wildman–Crippen LogP) is 2.43. The van der Waals surface area contributed by atoms with Crippen LogP contribution in [0.5, 0.6) is 17.2 Å². The van der Waals surface area contributed by atoms with Crippen molar-refractivity contribution in [3.8, 4) is 17.2 Å². The lowest BCUT2D eigenvalue weighted by Crippen LogP contribution is -2.37. The largest absolute Gasteiger partial charge is 0.454 e. The zero-order valence-corrected chi connectivity index (χ0v) is 18.7. The van der Waals surface area contributed by atoms with Crippen LogP contribution in [0.4, 0.5) is 8.78 Å². The number of hydrogen-bond acceptors (Lipinski definition) is 6. The van der Waals surface area contributed by atoms with E-state index in [2.05, 4.69) is 35.1 Å². The number of nitrogens with zero attached hydrogens (tertiary/aromatic N) is 4. The molecule has 0 unspecified atom stereocenters. The van der Waals surface area contributed by atoms with Crippen molar-refractivity contribution in [1.82, 2.24) is 25.4 Å². The normalized spacial score (nSPS) is 14.9. The second-order valence-electron chi connectivity index (χ2n) is 6.61. The number of aromatic nitrogens is 3. The molecule has 3 heterocycles. The summed E-state index contributed by atoms with van der Waals surface area (Å²) in [5.74, 6) is 3.24. The highest BCUT2D eigenvalue weighted by atomic mass is 127. The van der Waals surface area contributed by atoms with Gasteiger partial charge in [-0.3, -0.25) is 4.99 Å².